The van der Waals surface area contributed by atoms with E-state index in [1.54, 1.807) is 0 Å². The summed E-state index contributed by atoms with van der Waals surface area (Å²) in [6.07, 6.45) is 12.0. The molecule has 0 radical (unpaired) electrons. The van der Waals surface area contributed by atoms with Gasteiger partial charge in [-0.1, -0.05) is 44.9 Å². The summed E-state index contributed by atoms with van der Waals surface area (Å²) in [6.45, 7) is 8.77. The molecule has 7 nitrogen and oxygen atoms in total. The Balaban J connectivity index is 1.15. The smallest absolute Gasteiger partial charge is 0.329 e. The van der Waals surface area contributed by atoms with Gasteiger partial charge in [-0.15, -0.1) is 0 Å². The Labute approximate surface area is 296 Å². The Morgan fingerprint density at radius 2 is 1.90 bits per heavy atom. The maximum absolute atomic E-state index is 13.0. The lowest BCUT2D eigenvalue weighted by atomic mass is 9.59. The number of aromatic nitrogens is 1. The third kappa shape index (κ3) is 6.72. The number of carboxylic acids is 1. The van der Waals surface area contributed by atoms with Gasteiger partial charge in [-0.25, -0.2) is 4.79 Å². The highest BCUT2D eigenvalue weighted by Crippen LogP contribution is 2.58. The van der Waals surface area contributed by atoms with Crippen molar-refractivity contribution < 1.29 is 24.1 Å². The average Bonchev–Trinajstić information content (AvgIpc) is 3.21. The van der Waals surface area contributed by atoms with Crippen molar-refractivity contribution in [3.05, 3.63) is 76.1 Å². The largest absolute Gasteiger partial charge is 0.493 e. The van der Waals surface area contributed by atoms with Crippen molar-refractivity contribution in [2.75, 3.05) is 25.1 Å². The molecule has 1 spiro atoms. The van der Waals surface area contributed by atoms with Crippen LogP contribution in [0.15, 0.2) is 48.7 Å². The molecule has 2 heterocycles. The van der Waals surface area contributed by atoms with E-state index in [0.29, 0.717) is 61.4 Å². The Morgan fingerprint density at radius 3 is 2.63 bits per heavy atom. The molecule has 8 heteroatoms. The number of carboxylic acid groups (broad SMARTS) is 1. The number of anilines is 1. The number of aryl methyl sites for hydroxylation is 1. The van der Waals surface area contributed by atoms with Crippen LogP contribution in [0, 0.1) is 17.8 Å². The summed E-state index contributed by atoms with van der Waals surface area (Å²) in [5.74, 6) is 3.37. The zero-order valence-electron chi connectivity index (χ0n) is 29.2. The molecule has 7 rings (SSSR count). The number of hydrogen-bond donors (Lipinski definition) is 2. The molecular formula is C41H51ClN2O5. The molecule has 1 aliphatic heterocycles. The van der Waals surface area contributed by atoms with Crippen LogP contribution in [0.5, 0.6) is 17.2 Å². The van der Waals surface area contributed by atoms with Gasteiger partial charge in [0.05, 0.1) is 19.8 Å². The molecule has 4 aliphatic rings. The second kappa shape index (κ2) is 14.0. The minimum absolute atomic E-state index is 0.156. The highest BCUT2D eigenvalue weighted by atomic mass is 35.5. The van der Waals surface area contributed by atoms with E-state index in [1.807, 2.05) is 36.5 Å². The molecular weight excluding hydrogens is 636 g/mol. The molecule has 2 unspecified atom stereocenters. The molecule has 1 saturated carbocycles. The number of benzene rings is 2. The molecule has 1 aromatic heterocycles. The van der Waals surface area contributed by atoms with Crippen molar-refractivity contribution in [3.63, 3.8) is 0 Å². The minimum Gasteiger partial charge on any atom is -0.493 e. The molecule has 0 saturated heterocycles. The van der Waals surface area contributed by atoms with Crippen LogP contribution in [0.1, 0.15) is 107 Å². The van der Waals surface area contributed by atoms with Gasteiger partial charge in [-0.3, -0.25) is 4.98 Å². The summed E-state index contributed by atoms with van der Waals surface area (Å²) in [7, 11) is 0. The molecule has 262 valence electrons. The van der Waals surface area contributed by atoms with Crippen LogP contribution in [-0.4, -0.2) is 41.4 Å². The number of aliphatic carboxylic acids is 1. The molecule has 0 bridgehead atoms. The van der Waals surface area contributed by atoms with E-state index in [2.05, 4.69) is 43.2 Å². The van der Waals surface area contributed by atoms with Crippen LogP contribution in [-0.2, 0) is 23.1 Å². The predicted molar refractivity (Wildman–Crippen MR) is 193 cm³/mol. The molecule has 3 aromatic rings. The summed E-state index contributed by atoms with van der Waals surface area (Å²) in [5.41, 5.74) is 4.64. The topological polar surface area (TPSA) is 89.9 Å². The fourth-order valence-corrected chi connectivity index (χ4v) is 9.57. The van der Waals surface area contributed by atoms with Crippen LogP contribution in [0.3, 0.4) is 0 Å². The van der Waals surface area contributed by atoms with Gasteiger partial charge < -0.3 is 24.6 Å². The van der Waals surface area contributed by atoms with Gasteiger partial charge >= 0.3 is 5.97 Å². The van der Waals surface area contributed by atoms with Crippen molar-refractivity contribution in [1.82, 2.24) is 4.98 Å². The molecule has 49 heavy (non-hydrogen) atoms. The van der Waals surface area contributed by atoms with Crippen LogP contribution in [0.25, 0.3) is 0 Å². The maximum Gasteiger partial charge on any atom is 0.329 e. The molecule has 2 aromatic carbocycles. The van der Waals surface area contributed by atoms with Gasteiger partial charge in [0.2, 0.25) is 0 Å². The lowest BCUT2D eigenvalue weighted by Gasteiger charge is -2.47. The van der Waals surface area contributed by atoms with Crippen LogP contribution >= 0.6 is 11.6 Å². The van der Waals surface area contributed by atoms with Gasteiger partial charge in [0.15, 0.2) is 11.5 Å². The van der Waals surface area contributed by atoms with E-state index in [1.165, 1.54) is 35.2 Å². The van der Waals surface area contributed by atoms with Gasteiger partial charge in [-0.2, -0.15) is 0 Å². The summed E-state index contributed by atoms with van der Waals surface area (Å²) < 4.78 is 19.4. The summed E-state index contributed by atoms with van der Waals surface area (Å²) in [6, 6.07) is 13.9. The zero-order chi connectivity index (χ0) is 34.2. The highest BCUT2D eigenvalue weighted by molar-refractivity contribution is 6.30. The molecule has 2 N–H and O–H groups in total. The lowest BCUT2D eigenvalue weighted by molar-refractivity contribution is -0.144. The monoisotopic (exact) mass is 686 g/mol. The number of halogens is 1. The van der Waals surface area contributed by atoms with Gasteiger partial charge in [0.25, 0.3) is 0 Å². The third-order valence-corrected chi connectivity index (χ3v) is 12.2. The number of hydrogen-bond acceptors (Lipinski definition) is 6. The van der Waals surface area contributed by atoms with Crippen LogP contribution in [0.2, 0.25) is 5.02 Å². The number of rotatable bonds is 10. The van der Waals surface area contributed by atoms with E-state index in [-0.39, 0.29) is 5.41 Å². The lowest BCUT2D eigenvalue weighted by Crippen LogP contribution is -2.53. The number of fused-ring (bicyclic) bond motifs is 4. The maximum atomic E-state index is 13.0. The fourth-order valence-electron chi connectivity index (χ4n) is 9.38. The number of nitrogens with one attached hydrogen (secondary N) is 1. The van der Waals surface area contributed by atoms with E-state index in [4.69, 9.17) is 25.8 Å². The quantitative estimate of drug-likeness (QED) is 0.220. The number of carbonyl (C=O) groups is 1. The van der Waals surface area contributed by atoms with E-state index in [0.717, 1.165) is 67.9 Å². The zero-order valence-corrected chi connectivity index (χ0v) is 30.0. The van der Waals surface area contributed by atoms with Crippen molar-refractivity contribution in [3.8, 4) is 17.2 Å². The first-order chi connectivity index (χ1) is 23.7. The van der Waals surface area contributed by atoms with Gasteiger partial charge in [-0.05, 0) is 135 Å². The summed E-state index contributed by atoms with van der Waals surface area (Å²) in [4.78, 5) is 17.7. The Hall–Kier alpha value is -3.45. The first kappa shape index (κ1) is 34.0. The fraction of sp³-hybridized carbons (Fsp3) is 0.561. The van der Waals surface area contributed by atoms with E-state index in [9.17, 15) is 9.90 Å². The number of pyridine rings is 1. The number of ether oxygens (including phenoxy) is 3. The van der Waals surface area contributed by atoms with Crippen LogP contribution in [0.4, 0.5) is 5.69 Å². The van der Waals surface area contributed by atoms with E-state index >= 15 is 0 Å². The third-order valence-electron chi connectivity index (χ3n) is 12.0. The van der Waals surface area contributed by atoms with Crippen LogP contribution < -0.4 is 19.5 Å². The second-order valence-corrected chi connectivity index (χ2v) is 15.9. The first-order valence-electron chi connectivity index (χ1n) is 18.5. The minimum atomic E-state index is -1.06. The average molecular weight is 687 g/mol. The highest BCUT2D eigenvalue weighted by Gasteiger charge is 2.54. The summed E-state index contributed by atoms with van der Waals surface area (Å²) >= 11 is 6.29. The van der Waals surface area contributed by atoms with Crippen molar-refractivity contribution >= 4 is 23.3 Å². The molecule has 4 atom stereocenters. The molecule has 0 amide bonds. The van der Waals surface area contributed by atoms with Crippen molar-refractivity contribution in [1.29, 1.82) is 0 Å². The van der Waals surface area contributed by atoms with Crippen molar-refractivity contribution in [2.45, 2.75) is 108 Å². The Kier molecular flexibility index (Phi) is 9.75. The first-order valence-corrected chi connectivity index (χ1v) is 18.9. The Bertz CT molecular complexity index is 1670. The summed E-state index contributed by atoms with van der Waals surface area (Å²) in [5, 5.41) is 14.6. The standard InChI is InChI=1S/C41H51ClN2O5/c1-4-7-28-24-48-36-20-29-19-30(18-26(2)23-47-35-12-17-43-34-11-5-8-27(3)38(34)35)40(33(29)22-37(36)49-25-28)13-15-41(16-14-40,39(45)46)44-32-10-6-9-31(42)21-32/h6,9-10,12,17,20-22,26-28,30,44H,4-5,7-8,11,13-16,18-19,23-25H2,1-3H3,(H,45,46)/t26-,27-,28?,30?,40?,41?/m1/s1. The van der Waals surface area contributed by atoms with Gasteiger partial charge in [0, 0.05) is 34.1 Å². The second-order valence-electron chi connectivity index (χ2n) is 15.4. The predicted octanol–water partition coefficient (Wildman–Crippen LogP) is 9.39. The molecule has 1 fully saturated rings. The van der Waals surface area contributed by atoms with Gasteiger partial charge in [0.1, 0.15) is 11.3 Å². The SMILES string of the molecule is CCCC1COc2cc3c(cc2OC1)C1(CCC(Nc2cccc(Cl)c2)(C(=O)O)CC1)C(C[C@@H](C)COc1ccnc2c1[C@H](C)CCC2)C3. The Morgan fingerprint density at radius 1 is 1.12 bits per heavy atom. The van der Waals surface area contributed by atoms with Crippen molar-refractivity contribution in [2.24, 2.45) is 17.8 Å². The van der Waals surface area contributed by atoms with E-state index < -0.39 is 11.5 Å². The molecule has 3 aliphatic carbocycles. The number of nitrogens with zero attached hydrogens (tertiary/aromatic N) is 1. The normalized spacial score (nSPS) is 27.9.